The molecule has 1 aromatic heterocycles. The van der Waals surface area contributed by atoms with Gasteiger partial charge >= 0.3 is 0 Å². The minimum Gasteiger partial charge on any atom is -0.494 e. The average molecular weight is 484 g/mol. The van der Waals surface area contributed by atoms with Crippen LogP contribution in [-0.2, 0) is 6.54 Å². The first-order chi connectivity index (χ1) is 17.6. The number of oxazole rings is 1. The van der Waals surface area contributed by atoms with E-state index < -0.39 is 0 Å². The maximum Gasteiger partial charge on any atom is 0.274 e. The van der Waals surface area contributed by atoms with Gasteiger partial charge in [-0.15, -0.1) is 0 Å². The van der Waals surface area contributed by atoms with Crippen molar-refractivity contribution in [2.45, 2.75) is 26.8 Å². The number of amides is 2. The molecule has 4 aromatic rings. The Kier molecular flexibility index (Phi) is 8.13. The van der Waals surface area contributed by atoms with Gasteiger partial charge in [-0.25, -0.2) is 4.98 Å². The lowest BCUT2D eigenvalue weighted by Gasteiger charge is -2.22. The molecule has 7 heteroatoms. The molecule has 2 amide bonds. The van der Waals surface area contributed by atoms with Gasteiger partial charge < -0.3 is 19.4 Å². The molecule has 0 saturated heterocycles. The Balaban J connectivity index is 1.53. The van der Waals surface area contributed by atoms with Crippen LogP contribution in [0.3, 0.4) is 0 Å². The van der Waals surface area contributed by atoms with E-state index >= 15 is 0 Å². The number of ether oxygens (including phenoxy) is 1. The third-order valence-corrected chi connectivity index (χ3v) is 5.66. The molecule has 0 aliphatic rings. The molecule has 1 heterocycles. The highest BCUT2D eigenvalue weighted by Gasteiger charge is 2.25. The van der Waals surface area contributed by atoms with E-state index in [0.29, 0.717) is 30.8 Å². The van der Waals surface area contributed by atoms with Crippen molar-refractivity contribution in [3.05, 3.63) is 102 Å². The summed E-state index contributed by atoms with van der Waals surface area (Å²) in [4.78, 5) is 32.4. The number of hydrogen-bond donors (Lipinski definition) is 1. The minimum absolute atomic E-state index is 0.126. The second kappa shape index (κ2) is 11.8. The van der Waals surface area contributed by atoms with Crippen molar-refractivity contribution in [3.8, 4) is 17.1 Å². The van der Waals surface area contributed by atoms with Crippen LogP contribution in [0.5, 0.6) is 5.75 Å². The van der Waals surface area contributed by atoms with Crippen molar-refractivity contribution in [2.75, 3.05) is 18.1 Å². The van der Waals surface area contributed by atoms with Crippen LogP contribution in [-0.4, -0.2) is 29.9 Å². The van der Waals surface area contributed by atoms with E-state index in [9.17, 15) is 9.59 Å². The molecule has 7 nitrogen and oxygen atoms in total. The van der Waals surface area contributed by atoms with Gasteiger partial charge in [-0.2, -0.15) is 0 Å². The Morgan fingerprint density at radius 2 is 1.67 bits per heavy atom. The van der Waals surface area contributed by atoms with Crippen molar-refractivity contribution < 1.29 is 18.7 Å². The number of aromatic nitrogens is 1. The summed E-state index contributed by atoms with van der Waals surface area (Å²) in [6, 6.07) is 24.1. The van der Waals surface area contributed by atoms with Crippen molar-refractivity contribution in [1.82, 2.24) is 10.3 Å². The van der Waals surface area contributed by atoms with Gasteiger partial charge in [0.15, 0.2) is 17.8 Å². The van der Waals surface area contributed by atoms with Crippen molar-refractivity contribution >= 4 is 17.5 Å². The number of carbonyl (C=O) groups is 2. The zero-order chi connectivity index (χ0) is 25.3. The van der Waals surface area contributed by atoms with E-state index in [-0.39, 0.29) is 23.3 Å². The average Bonchev–Trinajstić information content (AvgIpc) is 3.42. The molecule has 0 saturated carbocycles. The molecule has 0 aliphatic carbocycles. The zero-order valence-corrected chi connectivity index (χ0v) is 20.4. The number of nitrogens with one attached hydrogen (secondary N) is 1. The Morgan fingerprint density at radius 3 is 2.39 bits per heavy atom. The Morgan fingerprint density at radius 1 is 0.944 bits per heavy atom. The Bertz CT molecular complexity index is 1300. The van der Waals surface area contributed by atoms with E-state index in [2.05, 4.69) is 17.2 Å². The summed E-state index contributed by atoms with van der Waals surface area (Å²) >= 11 is 0. The number of rotatable bonds is 10. The van der Waals surface area contributed by atoms with E-state index in [1.165, 1.54) is 6.39 Å². The first kappa shape index (κ1) is 24.7. The van der Waals surface area contributed by atoms with Gasteiger partial charge in [0.1, 0.15) is 5.75 Å². The van der Waals surface area contributed by atoms with Crippen molar-refractivity contribution in [1.29, 1.82) is 0 Å². The lowest BCUT2D eigenvalue weighted by atomic mass is 10.0. The first-order valence-electron chi connectivity index (χ1n) is 12.0. The molecule has 0 atom stereocenters. The summed E-state index contributed by atoms with van der Waals surface area (Å²) < 4.78 is 11.2. The molecule has 0 aliphatic heterocycles. The molecule has 1 N–H and O–H groups in total. The molecule has 184 valence electrons. The summed E-state index contributed by atoms with van der Waals surface area (Å²) in [5, 5.41) is 2.89. The SMILES string of the molecule is CCCOc1ccc(CNC(=O)c2ncoc2-c2ccccc2C(=O)N(CC)c2ccccc2)cc1. The van der Waals surface area contributed by atoms with E-state index in [1.807, 2.05) is 61.5 Å². The van der Waals surface area contributed by atoms with E-state index in [0.717, 1.165) is 23.4 Å². The predicted molar refractivity (Wildman–Crippen MR) is 139 cm³/mol. The highest BCUT2D eigenvalue weighted by molar-refractivity contribution is 6.11. The summed E-state index contributed by atoms with van der Waals surface area (Å²) in [6.07, 6.45) is 2.16. The molecule has 0 radical (unpaired) electrons. The number of nitrogens with zero attached hydrogens (tertiary/aromatic N) is 2. The molecule has 0 fully saturated rings. The molecule has 0 spiro atoms. The zero-order valence-electron chi connectivity index (χ0n) is 20.4. The quantitative estimate of drug-likeness (QED) is 0.312. The van der Waals surface area contributed by atoms with Crippen LogP contribution in [0.25, 0.3) is 11.3 Å². The number of benzene rings is 3. The molecule has 0 unspecified atom stereocenters. The number of hydrogen-bond acceptors (Lipinski definition) is 5. The van der Waals surface area contributed by atoms with Gasteiger partial charge in [0.2, 0.25) is 0 Å². The topological polar surface area (TPSA) is 84.7 Å². The molecular weight excluding hydrogens is 454 g/mol. The van der Waals surface area contributed by atoms with Crippen molar-refractivity contribution in [3.63, 3.8) is 0 Å². The van der Waals surface area contributed by atoms with Gasteiger partial charge in [0, 0.05) is 24.3 Å². The highest BCUT2D eigenvalue weighted by atomic mass is 16.5. The monoisotopic (exact) mass is 483 g/mol. The third-order valence-electron chi connectivity index (χ3n) is 5.66. The van der Waals surface area contributed by atoms with Crippen LogP contribution in [0.4, 0.5) is 5.69 Å². The lowest BCUT2D eigenvalue weighted by molar-refractivity contribution is 0.0944. The fraction of sp³-hybridized carbons (Fsp3) is 0.207. The lowest BCUT2D eigenvalue weighted by Crippen LogP contribution is -2.31. The van der Waals surface area contributed by atoms with Crippen LogP contribution >= 0.6 is 0 Å². The smallest absolute Gasteiger partial charge is 0.274 e. The van der Waals surface area contributed by atoms with Crippen LogP contribution in [0, 0.1) is 0 Å². The Hall–Kier alpha value is -4.39. The molecule has 0 bridgehead atoms. The number of anilines is 1. The van der Waals surface area contributed by atoms with E-state index in [4.69, 9.17) is 9.15 Å². The van der Waals surface area contributed by atoms with Gasteiger partial charge in [-0.05, 0) is 49.2 Å². The van der Waals surface area contributed by atoms with Crippen LogP contribution in [0.2, 0.25) is 0 Å². The van der Waals surface area contributed by atoms with Gasteiger partial charge in [0.25, 0.3) is 11.8 Å². The molecule has 4 rings (SSSR count). The fourth-order valence-corrected chi connectivity index (χ4v) is 3.85. The molecular formula is C29H29N3O4. The fourth-order valence-electron chi connectivity index (χ4n) is 3.85. The molecule has 3 aromatic carbocycles. The largest absolute Gasteiger partial charge is 0.494 e. The number of para-hydroxylation sites is 1. The second-order valence-corrected chi connectivity index (χ2v) is 8.14. The summed E-state index contributed by atoms with van der Waals surface area (Å²) in [5.74, 6) is 0.475. The minimum atomic E-state index is -0.386. The highest BCUT2D eigenvalue weighted by Crippen LogP contribution is 2.29. The van der Waals surface area contributed by atoms with Crippen LogP contribution < -0.4 is 15.0 Å². The maximum absolute atomic E-state index is 13.5. The first-order valence-corrected chi connectivity index (χ1v) is 12.0. The summed E-state index contributed by atoms with van der Waals surface area (Å²) in [5.41, 5.74) is 2.78. The normalized spacial score (nSPS) is 10.6. The van der Waals surface area contributed by atoms with Crippen molar-refractivity contribution in [2.24, 2.45) is 0 Å². The Labute approximate surface area is 210 Å². The second-order valence-electron chi connectivity index (χ2n) is 8.14. The van der Waals surface area contributed by atoms with Gasteiger partial charge in [-0.1, -0.05) is 55.5 Å². The van der Waals surface area contributed by atoms with Gasteiger partial charge in [0.05, 0.1) is 12.2 Å². The predicted octanol–water partition coefficient (Wildman–Crippen LogP) is 5.73. The van der Waals surface area contributed by atoms with Crippen LogP contribution in [0.15, 0.2) is 89.7 Å². The van der Waals surface area contributed by atoms with E-state index in [1.54, 1.807) is 29.2 Å². The summed E-state index contributed by atoms with van der Waals surface area (Å²) in [7, 11) is 0. The van der Waals surface area contributed by atoms with Gasteiger partial charge in [-0.3, -0.25) is 9.59 Å². The third kappa shape index (κ3) is 5.63. The molecule has 36 heavy (non-hydrogen) atoms. The standard InChI is InChI=1S/C29H29N3O4/c1-3-18-35-23-16-14-21(15-17-23)19-30-28(33)26-27(36-20-31-26)24-12-8-9-13-25(24)29(34)32(4-2)22-10-6-5-7-11-22/h5-17,20H,3-4,18-19H2,1-2H3,(H,30,33). The van der Waals surface area contributed by atoms with Crippen LogP contribution in [0.1, 0.15) is 46.7 Å². The number of carbonyl (C=O) groups excluding carboxylic acids is 2. The summed E-state index contributed by atoms with van der Waals surface area (Å²) in [6.45, 7) is 5.44. The maximum atomic E-state index is 13.5.